The van der Waals surface area contributed by atoms with Crippen molar-refractivity contribution in [1.82, 2.24) is 4.98 Å². The maximum absolute atomic E-state index is 6.22. The maximum atomic E-state index is 6.22. The first kappa shape index (κ1) is 12.4. The van der Waals surface area contributed by atoms with E-state index in [0.717, 1.165) is 11.3 Å². The molecule has 4 heteroatoms. The summed E-state index contributed by atoms with van der Waals surface area (Å²) in [6.07, 6.45) is 1.72. The lowest BCUT2D eigenvalue weighted by Crippen LogP contribution is -2.14. The van der Waals surface area contributed by atoms with Crippen LogP contribution in [0.4, 0.5) is 0 Å². The molecule has 4 nitrogen and oxygen atoms in total. The minimum atomic E-state index is -0.337. The van der Waals surface area contributed by atoms with Gasteiger partial charge in [0.05, 0.1) is 26.0 Å². The minimum absolute atomic E-state index is 0.337. The predicted octanol–water partition coefficient (Wildman–Crippen LogP) is 2.15. The third-order valence-electron chi connectivity index (χ3n) is 2.77. The Labute approximate surface area is 106 Å². The molecule has 2 aromatic rings. The van der Waals surface area contributed by atoms with Gasteiger partial charge in [-0.1, -0.05) is 18.2 Å². The van der Waals surface area contributed by atoms with Crippen molar-refractivity contribution in [3.8, 4) is 11.5 Å². The molecule has 0 aliphatic heterocycles. The standard InChI is InChI=1S/C14H16N2O2/c1-17-12-8-5-6-10(14(12)18-2)13(15)11-7-3-4-9-16-11/h3-9,13H,15H2,1-2H3. The van der Waals surface area contributed by atoms with E-state index in [2.05, 4.69) is 4.98 Å². The lowest BCUT2D eigenvalue weighted by Gasteiger charge is -2.17. The Hall–Kier alpha value is -2.07. The van der Waals surface area contributed by atoms with Crippen molar-refractivity contribution < 1.29 is 9.47 Å². The van der Waals surface area contributed by atoms with E-state index in [0.29, 0.717) is 11.5 Å². The monoisotopic (exact) mass is 244 g/mol. The zero-order valence-electron chi connectivity index (χ0n) is 10.5. The van der Waals surface area contributed by atoms with Crippen molar-refractivity contribution in [2.24, 2.45) is 5.73 Å². The summed E-state index contributed by atoms with van der Waals surface area (Å²) >= 11 is 0. The lowest BCUT2D eigenvalue weighted by molar-refractivity contribution is 0.350. The summed E-state index contributed by atoms with van der Waals surface area (Å²) < 4.78 is 10.6. The molecule has 94 valence electrons. The summed E-state index contributed by atoms with van der Waals surface area (Å²) in [6, 6.07) is 11.0. The van der Waals surface area contributed by atoms with Crippen LogP contribution in [0.15, 0.2) is 42.6 Å². The van der Waals surface area contributed by atoms with Gasteiger partial charge in [0.1, 0.15) is 0 Å². The Kier molecular flexibility index (Phi) is 3.79. The summed E-state index contributed by atoms with van der Waals surface area (Å²) in [4.78, 5) is 4.26. The first-order valence-corrected chi connectivity index (χ1v) is 5.65. The molecule has 0 aliphatic carbocycles. The molecule has 0 amide bonds. The number of rotatable bonds is 4. The average Bonchev–Trinajstić information content (AvgIpc) is 2.46. The van der Waals surface area contributed by atoms with Crippen molar-refractivity contribution in [3.63, 3.8) is 0 Å². The highest BCUT2D eigenvalue weighted by atomic mass is 16.5. The van der Waals surface area contributed by atoms with Crippen molar-refractivity contribution in [2.75, 3.05) is 14.2 Å². The van der Waals surface area contributed by atoms with Gasteiger partial charge in [0, 0.05) is 11.8 Å². The zero-order valence-corrected chi connectivity index (χ0v) is 10.5. The third-order valence-corrected chi connectivity index (χ3v) is 2.77. The zero-order chi connectivity index (χ0) is 13.0. The molecular weight excluding hydrogens is 228 g/mol. The second-order valence-corrected chi connectivity index (χ2v) is 3.82. The van der Waals surface area contributed by atoms with Crippen LogP contribution in [0, 0.1) is 0 Å². The number of benzene rings is 1. The van der Waals surface area contributed by atoms with Crippen LogP contribution in [0.1, 0.15) is 17.3 Å². The van der Waals surface area contributed by atoms with Crippen LogP contribution in [0.25, 0.3) is 0 Å². The molecule has 18 heavy (non-hydrogen) atoms. The van der Waals surface area contributed by atoms with Gasteiger partial charge >= 0.3 is 0 Å². The highest BCUT2D eigenvalue weighted by Gasteiger charge is 2.17. The molecule has 0 saturated carbocycles. The Balaban J connectivity index is 2.45. The molecule has 1 aromatic heterocycles. The molecule has 0 fully saturated rings. The van der Waals surface area contributed by atoms with Crippen LogP contribution in [-0.2, 0) is 0 Å². The van der Waals surface area contributed by atoms with Gasteiger partial charge in [-0.15, -0.1) is 0 Å². The van der Waals surface area contributed by atoms with Gasteiger partial charge in [-0.25, -0.2) is 0 Å². The summed E-state index contributed by atoms with van der Waals surface area (Å²) in [5.41, 5.74) is 7.87. The van der Waals surface area contributed by atoms with Gasteiger partial charge in [0.25, 0.3) is 0 Å². The molecule has 1 aromatic carbocycles. The molecule has 1 atom stereocenters. The summed E-state index contributed by atoms with van der Waals surface area (Å²) in [5, 5.41) is 0. The number of nitrogens with zero attached hydrogens (tertiary/aromatic N) is 1. The van der Waals surface area contributed by atoms with E-state index < -0.39 is 0 Å². The quantitative estimate of drug-likeness (QED) is 0.895. The smallest absolute Gasteiger partial charge is 0.165 e. The number of pyridine rings is 1. The lowest BCUT2D eigenvalue weighted by atomic mass is 10.0. The molecule has 1 heterocycles. The number of nitrogens with two attached hydrogens (primary N) is 1. The van der Waals surface area contributed by atoms with E-state index >= 15 is 0 Å². The Bertz CT molecular complexity index is 514. The Morgan fingerprint density at radius 3 is 2.50 bits per heavy atom. The van der Waals surface area contributed by atoms with E-state index in [9.17, 15) is 0 Å². The van der Waals surface area contributed by atoms with Crippen LogP contribution >= 0.6 is 0 Å². The van der Waals surface area contributed by atoms with Gasteiger partial charge in [-0.05, 0) is 18.2 Å². The van der Waals surface area contributed by atoms with Crippen molar-refractivity contribution in [3.05, 3.63) is 53.9 Å². The molecule has 0 bridgehead atoms. The molecule has 0 spiro atoms. The van der Waals surface area contributed by atoms with Crippen LogP contribution in [-0.4, -0.2) is 19.2 Å². The van der Waals surface area contributed by atoms with E-state index in [1.165, 1.54) is 0 Å². The van der Waals surface area contributed by atoms with Crippen LogP contribution in [0.2, 0.25) is 0 Å². The van der Waals surface area contributed by atoms with Crippen LogP contribution < -0.4 is 15.2 Å². The maximum Gasteiger partial charge on any atom is 0.165 e. The average molecular weight is 244 g/mol. The van der Waals surface area contributed by atoms with Crippen molar-refractivity contribution in [2.45, 2.75) is 6.04 Å². The topological polar surface area (TPSA) is 57.4 Å². The molecule has 0 radical (unpaired) electrons. The SMILES string of the molecule is COc1cccc(C(N)c2ccccn2)c1OC. The van der Waals surface area contributed by atoms with Crippen molar-refractivity contribution in [1.29, 1.82) is 0 Å². The molecule has 2 rings (SSSR count). The summed E-state index contributed by atoms with van der Waals surface area (Å²) in [5.74, 6) is 1.32. The molecule has 1 unspecified atom stereocenters. The number of aromatic nitrogens is 1. The largest absolute Gasteiger partial charge is 0.493 e. The summed E-state index contributed by atoms with van der Waals surface area (Å²) in [6.45, 7) is 0. The Morgan fingerprint density at radius 1 is 1.06 bits per heavy atom. The molecule has 2 N–H and O–H groups in total. The highest BCUT2D eigenvalue weighted by Crippen LogP contribution is 2.35. The highest BCUT2D eigenvalue weighted by molar-refractivity contribution is 5.49. The van der Waals surface area contributed by atoms with Gasteiger partial charge in [-0.2, -0.15) is 0 Å². The predicted molar refractivity (Wildman–Crippen MR) is 69.8 cm³/mol. The summed E-state index contributed by atoms with van der Waals surface area (Å²) in [7, 11) is 3.21. The molecule has 0 saturated heterocycles. The van der Waals surface area contributed by atoms with Gasteiger partial charge in [-0.3, -0.25) is 4.98 Å². The van der Waals surface area contributed by atoms with E-state index in [4.69, 9.17) is 15.2 Å². The first-order chi connectivity index (χ1) is 8.77. The van der Waals surface area contributed by atoms with Gasteiger partial charge < -0.3 is 15.2 Å². The van der Waals surface area contributed by atoms with Crippen LogP contribution in [0.5, 0.6) is 11.5 Å². The second-order valence-electron chi connectivity index (χ2n) is 3.82. The second kappa shape index (κ2) is 5.51. The fourth-order valence-electron chi connectivity index (χ4n) is 1.88. The van der Waals surface area contributed by atoms with Crippen LogP contribution in [0.3, 0.4) is 0 Å². The number of hydrogen-bond acceptors (Lipinski definition) is 4. The van der Waals surface area contributed by atoms with Gasteiger partial charge in [0.2, 0.25) is 0 Å². The minimum Gasteiger partial charge on any atom is -0.493 e. The van der Waals surface area contributed by atoms with E-state index in [-0.39, 0.29) is 6.04 Å². The van der Waals surface area contributed by atoms with E-state index in [1.54, 1.807) is 20.4 Å². The number of hydrogen-bond donors (Lipinski definition) is 1. The number of methoxy groups -OCH3 is 2. The number of ether oxygens (including phenoxy) is 2. The fraction of sp³-hybridized carbons (Fsp3) is 0.214. The molecular formula is C14H16N2O2. The third kappa shape index (κ3) is 2.28. The van der Waals surface area contributed by atoms with Crippen molar-refractivity contribution >= 4 is 0 Å². The number of para-hydroxylation sites is 1. The van der Waals surface area contributed by atoms with E-state index in [1.807, 2.05) is 36.4 Å². The fourth-order valence-corrected chi connectivity index (χ4v) is 1.88. The van der Waals surface area contributed by atoms with Gasteiger partial charge in [0.15, 0.2) is 11.5 Å². The Morgan fingerprint density at radius 2 is 1.89 bits per heavy atom. The first-order valence-electron chi connectivity index (χ1n) is 5.65. The molecule has 0 aliphatic rings. The normalized spacial score (nSPS) is 11.9.